The Kier molecular flexibility index (Phi) is 28.2. The highest BCUT2D eigenvalue weighted by Gasteiger charge is 2.52. The van der Waals surface area contributed by atoms with Crippen LogP contribution in [0.1, 0.15) is 128 Å². The highest BCUT2D eigenvalue weighted by Crippen LogP contribution is 2.47. The molecule has 0 saturated carbocycles. The Bertz CT molecular complexity index is 4910. The molecule has 2 aliphatic heterocycles. The zero-order chi connectivity index (χ0) is 78.9. The van der Waals surface area contributed by atoms with Crippen LogP contribution in [0.5, 0.6) is 17.2 Å². The van der Waals surface area contributed by atoms with E-state index in [2.05, 4.69) is 0 Å². The first kappa shape index (κ1) is 86.1. The Hall–Kier alpha value is -7.86. The smallest absolute Gasteiger partial charge is 0.339 e. The first-order chi connectivity index (χ1) is 48.6. The molecule has 0 fully saturated rings. The van der Waals surface area contributed by atoms with Crippen LogP contribution in [0.25, 0.3) is 0 Å². The lowest BCUT2D eigenvalue weighted by atomic mass is 9.76. The summed E-state index contributed by atoms with van der Waals surface area (Å²) in [7, 11) is -19.9. The second-order valence-electron chi connectivity index (χ2n) is 26.1. The largest absolute Gasteiger partial charge is 0.504 e. The van der Waals surface area contributed by atoms with Crippen molar-refractivity contribution in [3.05, 3.63) is 187 Å². The Balaban J connectivity index is 0.000000247. The van der Waals surface area contributed by atoms with Crippen molar-refractivity contribution in [3.63, 3.8) is 0 Å². The van der Waals surface area contributed by atoms with E-state index >= 15 is 0 Å². The first-order valence-electron chi connectivity index (χ1n) is 32.7. The summed E-state index contributed by atoms with van der Waals surface area (Å²) in [4.78, 5) is 27.0. The highest BCUT2D eigenvalue weighted by molar-refractivity contribution is 7.88. The van der Waals surface area contributed by atoms with Gasteiger partial charge in [0.05, 0.1) is 52.8 Å². The number of phenols is 1. The highest BCUT2D eigenvalue weighted by atomic mass is 32.2. The van der Waals surface area contributed by atoms with E-state index in [1.807, 2.05) is 20.8 Å². The van der Waals surface area contributed by atoms with Crippen LogP contribution < -0.4 is 8.92 Å². The molecule has 2 aliphatic carbocycles. The molecule has 578 valence electrons. The van der Waals surface area contributed by atoms with Crippen molar-refractivity contribution in [1.29, 1.82) is 0 Å². The van der Waals surface area contributed by atoms with Crippen molar-refractivity contribution in [2.45, 2.75) is 154 Å². The number of aromatic hydroxyl groups is 1. The Labute approximate surface area is 616 Å². The molecule has 1 spiro atoms. The third kappa shape index (κ3) is 21.5. The summed E-state index contributed by atoms with van der Waals surface area (Å²) >= 11 is 0. The van der Waals surface area contributed by atoms with Crippen molar-refractivity contribution in [1.82, 2.24) is 0 Å². The first-order valence-corrected chi connectivity index (χ1v) is 42.4. The summed E-state index contributed by atoms with van der Waals surface area (Å²) < 4.78 is 208. The van der Waals surface area contributed by atoms with Gasteiger partial charge >= 0.3 is 60.7 Å². The molecule has 0 amide bonds. The lowest BCUT2D eigenvalue weighted by Crippen LogP contribution is -2.50. The summed E-state index contributed by atoms with van der Waals surface area (Å²) in [6, 6.07) is 20.0. The molecule has 5 unspecified atom stereocenters. The van der Waals surface area contributed by atoms with Crippen LogP contribution in [0.3, 0.4) is 0 Å². The van der Waals surface area contributed by atoms with E-state index in [1.54, 1.807) is 84.9 Å². The molecular formula is C72H92O27S6. The Morgan fingerprint density at radius 1 is 0.610 bits per heavy atom. The molecule has 4 aromatic rings. The van der Waals surface area contributed by atoms with E-state index in [9.17, 15) is 70.3 Å². The molecule has 2 heterocycles. The van der Waals surface area contributed by atoms with Gasteiger partial charge in [-0.3, -0.25) is 9.59 Å². The standard InChI is InChI=1S/2C24H30O9S2.C24H32O9S2/c1-15-7-10-19(11-8-15)35(28,29)33-21-13-24(23(25)22(30-5)18(21)4)17(3)9-12-20(16(2)14-31-24)32-34(6,26)27;1-15-7-10-19(11-8-15)35(28,29)33-22-13-20-16(2)9-12-21(32-34(6,26)27)17(3)14-31-24(30-5,18(22)4)23(20)25;1-15-7-10-19(11-8-15)35(29,30)33-22-13-20(23(26)24(31-5)18(22)4)16(2)9-12-21(17(3)14-25)32-34(6,27)28/h7-8,10-11,13,17H,9,12,14H2,1-6H3;7-8,10-11,13,16H,9,12,14H2,1-6H3;7-8,10-11,13,16,25-26H,9,12,14H2,1-6H3/b20-16+;2*21-17+. The number of hydrogen-bond acceptors (Lipinski definition) is 27. The number of methoxy groups -OCH3 is 3. The number of fused-ring (bicyclic) bond motifs is 2. The van der Waals surface area contributed by atoms with Crippen LogP contribution in [0.4, 0.5) is 0 Å². The number of hydrogen-bond donors (Lipinski definition) is 2. The average molecular weight is 1580 g/mol. The van der Waals surface area contributed by atoms with Gasteiger partial charge in [-0.1, -0.05) is 73.9 Å². The van der Waals surface area contributed by atoms with Gasteiger partial charge in [0.1, 0.15) is 49.2 Å². The molecule has 4 aliphatic rings. The lowest BCUT2D eigenvalue weighted by molar-refractivity contribution is -0.196. The van der Waals surface area contributed by atoms with Gasteiger partial charge in [-0.15, -0.1) is 0 Å². The van der Waals surface area contributed by atoms with Gasteiger partial charge < -0.3 is 59.0 Å². The van der Waals surface area contributed by atoms with Crippen LogP contribution in [-0.4, -0.2) is 144 Å². The zero-order valence-corrected chi connectivity index (χ0v) is 66.7. The fourth-order valence-electron chi connectivity index (χ4n) is 11.4. The van der Waals surface area contributed by atoms with Gasteiger partial charge in [0.2, 0.25) is 11.6 Å². The molecule has 2 bridgehead atoms. The molecular weight excluding hydrogens is 1490 g/mol. The fraction of sp³-hybridized carbons (Fsp3) is 0.444. The molecule has 27 nitrogen and oxygen atoms in total. The van der Waals surface area contributed by atoms with Crippen LogP contribution in [0, 0.1) is 39.5 Å². The number of ether oxygens (including phenoxy) is 5. The quantitative estimate of drug-likeness (QED) is 0.0514. The predicted octanol–water partition coefficient (Wildman–Crippen LogP) is 11.0. The summed E-state index contributed by atoms with van der Waals surface area (Å²) in [5, 5.41) is 20.2. The van der Waals surface area contributed by atoms with Gasteiger partial charge in [0.25, 0.3) is 5.79 Å². The van der Waals surface area contributed by atoms with E-state index in [-0.39, 0.29) is 122 Å². The molecule has 0 aromatic heterocycles. The van der Waals surface area contributed by atoms with Crippen LogP contribution in [0.2, 0.25) is 0 Å². The second kappa shape index (κ2) is 34.4. The number of aryl methyl sites for hydroxylation is 3. The van der Waals surface area contributed by atoms with Gasteiger partial charge in [-0.05, 0) is 171 Å². The third-order valence-corrected chi connectivity index (χ3v) is 22.9. The van der Waals surface area contributed by atoms with Gasteiger partial charge in [0.15, 0.2) is 22.9 Å². The number of aliphatic hydroxyl groups excluding tert-OH is 1. The molecule has 0 saturated heterocycles. The SMILES string of the molecule is COC12OC/C(C)=C(/OS(C)(=O)=O)CCC(C)C(=CC(OS(=O)(=O)c3ccc(C)cc3)=C1C)C2=O.COC1=C(C)C(OS(=O)(=O)c2ccc(C)cc2)=CC2(OC/C(C)=C(/OS(C)(=O)=O)CCC2C)C1=O.COc1c(C)c(OS(=O)(=O)c2ccc(C)cc2)cc(C(C)CC/C(OS(C)(=O)=O)=C(/C)CO)c1O. The van der Waals surface area contributed by atoms with Gasteiger partial charge in [0, 0.05) is 54.2 Å². The monoisotopic (exact) mass is 1580 g/mol. The molecule has 5 atom stereocenters. The van der Waals surface area contributed by atoms with Crippen LogP contribution in [-0.2, 0) is 110 Å². The number of Topliss-reactive ketones (excluding diaryl/α,β-unsaturated/α-hetero) is 2. The predicted molar refractivity (Wildman–Crippen MR) is 388 cm³/mol. The molecule has 105 heavy (non-hydrogen) atoms. The van der Waals surface area contributed by atoms with E-state index in [0.717, 1.165) is 35.5 Å². The minimum Gasteiger partial charge on any atom is -0.504 e. The number of ketones is 2. The summed E-state index contributed by atoms with van der Waals surface area (Å²) in [5.41, 5.74) is 3.66. The molecule has 2 N–H and O–H groups in total. The maximum Gasteiger partial charge on any atom is 0.339 e. The summed E-state index contributed by atoms with van der Waals surface area (Å²) in [5.74, 6) is -3.90. The third-order valence-electron chi connectivity index (χ3n) is 17.7. The maximum absolute atomic E-state index is 13.6. The molecule has 4 aromatic carbocycles. The minimum atomic E-state index is -4.21. The van der Waals surface area contributed by atoms with Crippen molar-refractivity contribution < 1.29 is 119 Å². The molecule has 0 radical (unpaired) electrons. The van der Waals surface area contributed by atoms with Crippen molar-refractivity contribution in [2.24, 2.45) is 11.8 Å². The number of benzene rings is 4. The molecule has 8 rings (SSSR count). The number of rotatable bonds is 23. The van der Waals surface area contributed by atoms with E-state index in [4.69, 9.17) is 48.8 Å². The number of aliphatic hydroxyl groups is 1. The van der Waals surface area contributed by atoms with E-state index < -0.39 is 101 Å². The zero-order valence-electron chi connectivity index (χ0n) is 61.8. The Morgan fingerprint density at radius 3 is 1.52 bits per heavy atom. The summed E-state index contributed by atoms with van der Waals surface area (Å²) in [6.45, 7) is 19.6. The maximum atomic E-state index is 13.6. The van der Waals surface area contributed by atoms with Crippen molar-refractivity contribution in [3.8, 4) is 17.2 Å². The Morgan fingerprint density at radius 2 is 1.08 bits per heavy atom. The average Bonchev–Trinajstić information content (AvgIpc) is 0.751. The molecule has 33 heteroatoms. The van der Waals surface area contributed by atoms with Crippen LogP contribution >= 0.6 is 0 Å². The summed E-state index contributed by atoms with van der Waals surface area (Å²) in [6.07, 6.45) is 7.22. The number of carbonyl (C=O) groups excluding carboxylic acids is 2. The number of carbonyl (C=O) groups is 2. The topological polar surface area (TPSA) is 381 Å². The van der Waals surface area contributed by atoms with Crippen molar-refractivity contribution >= 4 is 72.3 Å². The number of phenolic OH excluding ortho intramolecular Hbond substituents is 1. The van der Waals surface area contributed by atoms with E-state index in [1.165, 1.54) is 89.8 Å². The second-order valence-corrected chi connectivity index (χ2v) is 35.4. The number of allylic oxidation sites excluding steroid dienone is 5. The van der Waals surface area contributed by atoms with Gasteiger partial charge in [-0.2, -0.15) is 50.5 Å². The van der Waals surface area contributed by atoms with E-state index in [0.29, 0.717) is 47.1 Å². The lowest BCUT2D eigenvalue weighted by Gasteiger charge is -2.40. The minimum absolute atomic E-state index is 0.00300. The fourth-order valence-corrected chi connectivity index (χ4v) is 16.1. The normalized spacial score (nSPS) is 22.0. The van der Waals surface area contributed by atoms with Gasteiger partial charge in [-0.25, -0.2) is 0 Å². The van der Waals surface area contributed by atoms with Crippen molar-refractivity contribution in [2.75, 3.05) is 59.9 Å². The van der Waals surface area contributed by atoms with Crippen LogP contribution in [0.15, 0.2) is 174 Å².